The second-order valence-corrected chi connectivity index (χ2v) is 15.3. The summed E-state index contributed by atoms with van der Waals surface area (Å²) in [4.78, 5) is 10.6. The molecule has 0 amide bonds. The van der Waals surface area contributed by atoms with Crippen LogP contribution in [-0.2, 0) is 0 Å². The van der Waals surface area contributed by atoms with Crippen LogP contribution >= 0.6 is 0 Å². The number of hydrogen-bond acceptors (Lipinski definition) is 2. The minimum atomic E-state index is 0.820. The van der Waals surface area contributed by atoms with Gasteiger partial charge in [-0.25, -0.2) is 9.97 Å². The molecule has 0 aliphatic carbocycles. The monoisotopic (exact) mass is 736 g/mol. The van der Waals surface area contributed by atoms with E-state index >= 15 is 0 Å². The van der Waals surface area contributed by atoms with Crippen molar-refractivity contribution in [2.45, 2.75) is 0 Å². The molecular formula is C54H32N4. The van der Waals surface area contributed by atoms with Gasteiger partial charge >= 0.3 is 0 Å². The average Bonchev–Trinajstić information content (AvgIpc) is 3.84. The van der Waals surface area contributed by atoms with Gasteiger partial charge < -0.3 is 0 Å². The van der Waals surface area contributed by atoms with E-state index in [0.717, 1.165) is 44.6 Å². The highest BCUT2D eigenvalue weighted by Gasteiger charge is 2.23. The number of aromatic nitrogens is 4. The molecule has 0 aliphatic rings. The van der Waals surface area contributed by atoms with E-state index < -0.39 is 0 Å². The Balaban J connectivity index is 1.16. The molecule has 10 aromatic carbocycles. The van der Waals surface area contributed by atoms with Crippen LogP contribution < -0.4 is 0 Å². The lowest BCUT2D eigenvalue weighted by atomic mass is 9.84. The third-order valence-corrected chi connectivity index (χ3v) is 12.3. The number of benzene rings is 10. The number of imidazole rings is 1. The zero-order valence-corrected chi connectivity index (χ0v) is 31.3. The average molecular weight is 737 g/mol. The molecule has 13 aromatic rings. The summed E-state index contributed by atoms with van der Waals surface area (Å²) in [6.07, 6.45) is 0. The molecule has 0 N–H and O–H groups in total. The number of rotatable bonds is 3. The number of fused-ring (bicyclic) bond motifs is 13. The highest BCUT2D eigenvalue weighted by molar-refractivity contribution is 6.26. The molecule has 3 heterocycles. The summed E-state index contributed by atoms with van der Waals surface area (Å²) in [5, 5.41) is 13.3. The largest absolute Gasteiger partial charge is 0.279 e. The lowest BCUT2D eigenvalue weighted by Crippen LogP contribution is -2.06. The molecule has 0 atom stereocenters. The summed E-state index contributed by atoms with van der Waals surface area (Å²) in [5.74, 6) is 0.820. The Bertz CT molecular complexity index is 3810. The summed E-state index contributed by atoms with van der Waals surface area (Å²) >= 11 is 0. The molecule has 268 valence electrons. The molecule has 0 saturated heterocycles. The molecule has 58 heavy (non-hydrogen) atoms. The van der Waals surface area contributed by atoms with E-state index in [0.29, 0.717) is 0 Å². The van der Waals surface area contributed by atoms with Gasteiger partial charge in [0, 0.05) is 16.2 Å². The van der Waals surface area contributed by atoms with E-state index in [9.17, 15) is 0 Å². The first kappa shape index (κ1) is 31.4. The third-order valence-electron chi connectivity index (χ3n) is 12.3. The zero-order valence-electron chi connectivity index (χ0n) is 31.3. The van der Waals surface area contributed by atoms with Gasteiger partial charge in [-0.1, -0.05) is 152 Å². The second-order valence-electron chi connectivity index (χ2n) is 15.3. The van der Waals surface area contributed by atoms with Crippen molar-refractivity contribution in [3.8, 4) is 28.2 Å². The summed E-state index contributed by atoms with van der Waals surface area (Å²) in [6, 6.07) is 70.3. The van der Waals surface area contributed by atoms with E-state index in [1.54, 1.807) is 0 Å². The van der Waals surface area contributed by atoms with Crippen LogP contribution in [0.1, 0.15) is 0 Å². The van der Waals surface area contributed by atoms with Gasteiger partial charge in [0.05, 0.1) is 27.6 Å². The van der Waals surface area contributed by atoms with Gasteiger partial charge in [-0.05, 0) is 108 Å². The van der Waals surface area contributed by atoms with Crippen LogP contribution in [0.2, 0.25) is 0 Å². The normalized spacial score (nSPS) is 12.1. The number of hydrogen-bond donors (Lipinski definition) is 0. The van der Waals surface area contributed by atoms with Crippen LogP contribution in [0.15, 0.2) is 194 Å². The summed E-state index contributed by atoms with van der Waals surface area (Å²) in [5.41, 5.74) is 10.9. The first-order chi connectivity index (χ1) is 28.8. The van der Waals surface area contributed by atoms with Gasteiger partial charge in [0.2, 0.25) is 5.95 Å². The van der Waals surface area contributed by atoms with E-state index in [1.807, 2.05) is 0 Å². The van der Waals surface area contributed by atoms with Crippen molar-refractivity contribution in [1.82, 2.24) is 18.9 Å². The topological polar surface area (TPSA) is 35.1 Å². The van der Waals surface area contributed by atoms with Crippen molar-refractivity contribution >= 4 is 92.5 Å². The standard InChI is InChI=1S/C54H32N4/c1-3-17-36-33(14-1)16-13-24-38(36)51-41-21-7-5-19-39(41)50(40-20-6-8-22-42(40)51)35-29-30-47-44(32-35)52-37-18-4-2-15-34(37)28-31-49(52)57(47)54-56-45-25-10-9-23-43(45)53-55-46-26-11-12-27-48(46)58(53)54/h1-32H. The molecule has 3 aromatic heterocycles. The smallest absolute Gasteiger partial charge is 0.221 e. The maximum absolute atomic E-state index is 5.46. The molecule has 0 bridgehead atoms. The van der Waals surface area contributed by atoms with Crippen LogP contribution in [0.4, 0.5) is 0 Å². The maximum Gasteiger partial charge on any atom is 0.221 e. The van der Waals surface area contributed by atoms with Crippen molar-refractivity contribution in [2.75, 3.05) is 0 Å². The molecule has 0 fully saturated rings. The van der Waals surface area contributed by atoms with Gasteiger partial charge in [-0.2, -0.15) is 0 Å². The summed E-state index contributed by atoms with van der Waals surface area (Å²) in [6.45, 7) is 0. The van der Waals surface area contributed by atoms with Gasteiger partial charge in [0.25, 0.3) is 0 Å². The summed E-state index contributed by atoms with van der Waals surface area (Å²) < 4.78 is 4.60. The molecule has 4 heteroatoms. The van der Waals surface area contributed by atoms with Crippen molar-refractivity contribution in [1.29, 1.82) is 0 Å². The highest BCUT2D eigenvalue weighted by atomic mass is 15.2. The van der Waals surface area contributed by atoms with Crippen molar-refractivity contribution in [3.05, 3.63) is 194 Å². The van der Waals surface area contributed by atoms with Crippen molar-refractivity contribution < 1.29 is 0 Å². The number of nitrogens with zero attached hydrogens (tertiary/aromatic N) is 4. The van der Waals surface area contributed by atoms with Crippen LogP contribution in [0.3, 0.4) is 0 Å². The Morgan fingerprint density at radius 3 is 1.67 bits per heavy atom. The van der Waals surface area contributed by atoms with Crippen LogP contribution in [0, 0.1) is 0 Å². The molecule has 0 radical (unpaired) electrons. The van der Waals surface area contributed by atoms with Crippen molar-refractivity contribution in [2.24, 2.45) is 0 Å². The van der Waals surface area contributed by atoms with Crippen molar-refractivity contribution in [3.63, 3.8) is 0 Å². The van der Waals surface area contributed by atoms with E-state index in [1.165, 1.54) is 76.1 Å². The minimum absolute atomic E-state index is 0.820. The lowest BCUT2D eigenvalue weighted by Gasteiger charge is -2.19. The molecule has 0 unspecified atom stereocenters. The molecular weight excluding hydrogens is 705 g/mol. The quantitative estimate of drug-likeness (QED) is 0.169. The third kappa shape index (κ3) is 4.29. The fraction of sp³-hybridized carbons (Fsp3) is 0. The van der Waals surface area contributed by atoms with E-state index in [4.69, 9.17) is 9.97 Å². The van der Waals surface area contributed by atoms with Gasteiger partial charge in [-0.3, -0.25) is 8.97 Å². The second kappa shape index (κ2) is 11.8. The summed E-state index contributed by atoms with van der Waals surface area (Å²) in [7, 11) is 0. The SMILES string of the molecule is c1ccc2c(-c3c4ccccc4c(-c4ccc5c(c4)c4c6ccccc6ccc4n5-c4nc5ccccc5c5nc6ccccc6n45)c4ccccc34)cccc2c1. The predicted molar refractivity (Wildman–Crippen MR) is 243 cm³/mol. The van der Waals surface area contributed by atoms with Crippen LogP contribution in [0.25, 0.3) is 121 Å². The minimum Gasteiger partial charge on any atom is -0.279 e. The van der Waals surface area contributed by atoms with E-state index in [2.05, 4.69) is 203 Å². The number of para-hydroxylation sites is 3. The first-order valence-corrected chi connectivity index (χ1v) is 19.8. The zero-order chi connectivity index (χ0) is 37.9. The van der Waals surface area contributed by atoms with Gasteiger partial charge in [0.1, 0.15) is 5.65 Å². The first-order valence-electron chi connectivity index (χ1n) is 19.8. The van der Waals surface area contributed by atoms with Crippen LogP contribution in [0.5, 0.6) is 0 Å². The van der Waals surface area contributed by atoms with Gasteiger partial charge in [0.15, 0.2) is 0 Å². The van der Waals surface area contributed by atoms with Gasteiger partial charge in [-0.15, -0.1) is 0 Å². The molecule has 13 rings (SSSR count). The fourth-order valence-electron chi connectivity index (χ4n) is 9.81. The molecule has 0 spiro atoms. The van der Waals surface area contributed by atoms with Crippen LogP contribution in [-0.4, -0.2) is 18.9 Å². The lowest BCUT2D eigenvalue weighted by molar-refractivity contribution is 0.980. The molecule has 4 nitrogen and oxygen atoms in total. The Kier molecular flexibility index (Phi) is 6.41. The molecule has 0 aliphatic heterocycles. The predicted octanol–water partition coefficient (Wildman–Crippen LogP) is 14.1. The Morgan fingerprint density at radius 2 is 0.914 bits per heavy atom. The highest BCUT2D eigenvalue weighted by Crippen LogP contribution is 2.47. The maximum atomic E-state index is 5.46. The molecule has 0 saturated carbocycles. The Labute approximate surface area is 332 Å². The van der Waals surface area contributed by atoms with E-state index in [-0.39, 0.29) is 0 Å². The Hall–Kier alpha value is -7.82. The fourth-order valence-corrected chi connectivity index (χ4v) is 9.81. The Morgan fingerprint density at radius 1 is 0.345 bits per heavy atom.